The van der Waals surface area contributed by atoms with Crippen LogP contribution in [0.4, 0.5) is 0 Å². The smallest absolute Gasteiger partial charge is 0.125 e. The van der Waals surface area contributed by atoms with E-state index in [9.17, 15) is 0 Å². The van der Waals surface area contributed by atoms with E-state index in [2.05, 4.69) is 10.1 Å². The lowest BCUT2D eigenvalue weighted by molar-refractivity contribution is 0.409. The summed E-state index contributed by atoms with van der Waals surface area (Å²) in [6, 6.07) is 7.41. The Bertz CT molecular complexity index is 676. The van der Waals surface area contributed by atoms with Gasteiger partial charge in [-0.1, -0.05) is 16.8 Å². The molecule has 4 nitrogen and oxygen atoms in total. The van der Waals surface area contributed by atoms with Gasteiger partial charge in [-0.3, -0.25) is 0 Å². The first-order valence-electron chi connectivity index (χ1n) is 5.38. The minimum absolute atomic E-state index is 0.337. The summed E-state index contributed by atoms with van der Waals surface area (Å²) in [5.41, 5.74) is 2.65. The maximum atomic E-state index is 5.96. The molecule has 2 heterocycles. The lowest BCUT2D eigenvalue weighted by Gasteiger charge is -2.04. The fraction of sp³-hybridized carbons (Fsp3) is 0.167. The van der Waals surface area contributed by atoms with Gasteiger partial charge in [0.15, 0.2) is 0 Å². The van der Waals surface area contributed by atoms with Crippen LogP contribution in [0.15, 0.2) is 35.1 Å². The molecular weight excluding hydrogens is 273 g/mol. The molecule has 0 fully saturated rings. The molecule has 0 N–H and O–H groups in total. The van der Waals surface area contributed by atoms with Gasteiger partial charge in [-0.15, -0.1) is 11.6 Å². The maximum absolute atomic E-state index is 5.96. The third-order valence-electron chi connectivity index (χ3n) is 2.72. The fourth-order valence-electron chi connectivity index (χ4n) is 1.91. The summed E-state index contributed by atoms with van der Waals surface area (Å²) in [6.07, 6.45) is 1.55. The van der Waals surface area contributed by atoms with Crippen LogP contribution in [0.3, 0.4) is 0 Å². The molecule has 18 heavy (non-hydrogen) atoms. The molecule has 1 aromatic carbocycles. The Hall–Kier alpha value is -1.52. The molecule has 0 bridgehead atoms. The average molecular weight is 282 g/mol. The Labute approximate surface area is 113 Å². The van der Waals surface area contributed by atoms with Crippen LogP contribution in [0.5, 0.6) is 0 Å². The highest BCUT2D eigenvalue weighted by Gasteiger charge is 2.11. The molecule has 0 aliphatic carbocycles. The van der Waals surface area contributed by atoms with Crippen molar-refractivity contribution in [1.82, 2.24) is 14.7 Å². The lowest BCUT2D eigenvalue weighted by Crippen LogP contribution is -2.03. The summed E-state index contributed by atoms with van der Waals surface area (Å²) in [5.74, 6) is 1.13. The molecule has 0 saturated carbocycles. The Balaban J connectivity index is 2.13. The van der Waals surface area contributed by atoms with E-state index < -0.39 is 0 Å². The first-order chi connectivity index (χ1) is 8.78. The Morgan fingerprint density at radius 1 is 1.28 bits per heavy atom. The predicted octanol–water partition coefficient (Wildman–Crippen LogP) is 3.46. The second kappa shape index (κ2) is 4.63. The number of hydrogen-bond acceptors (Lipinski definition) is 3. The summed E-state index contributed by atoms with van der Waals surface area (Å²) < 4.78 is 6.84. The molecule has 3 rings (SSSR count). The van der Waals surface area contributed by atoms with Crippen molar-refractivity contribution in [2.75, 3.05) is 0 Å². The summed E-state index contributed by atoms with van der Waals surface area (Å²) in [6.45, 7) is 0.580. The zero-order valence-electron chi connectivity index (χ0n) is 9.31. The van der Waals surface area contributed by atoms with Gasteiger partial charge in [0.25, 0.3) is 0 Å². The third-order valence-corrected chi connectivity index (χ3v) is 3.19. The molecule has 0 aliphatic heterocycles. The summed E-state index contributed by atoms with van der Waals surface area (Å²) in [7, 11) is 0. The average Bonchev–Trinajstić information content (AvgIpc) is 2.97. The van der Waals surface area contributed by atoms with Crippen LogP contribution in [0.2, 0.25) is 5.02 Å². The van der Waals surface area contributed by atoms with Gasteiger partial charge in [0.2, 0.25) is 0 Å². The first-order valence-corrected chi connectivity index (χ1v) is 6.29. The van der Waals surface area contributed by atoms with Crippen molar-refractivity contribution >= 4 is 34.2 Å². The van der Waals surface area contributed by atoms with Crippen LogP contribution in [-0.4, -0.2) is 14.7 Å². The molecule has 0 unspecified atom stereocenters. The number of nitrogens with zero attached hydrogens (tertiary/aromatic N) is 3. The van der Waals surface area contributed by atoms with Crippen LogP contribution in [0.1, 0.15) is 11.5 Å². The standard InChI is InChI=1S/C12H9Cl2N3O/c13-6-12-15-10-5-8(14)1-2-11(10)17(12)7-9-3-4-18-16-9/h1-5H,6-7H2. The van der Waals surface area contributed by atoms with Gasteiger partial charge in [-0.2, -0.15) is 0 Å². The van der Waals surface area contributed by atoms with Gasteiger partial charge < -0.3 is 9.09 Å². The molecule has 0 saturated heterocycles. The molecule has 6 heteroatoms. The molecule has 0 aliphatic rings. The maximum Gasteiger partial charge on any atom is 0.125 e. The molecule has 0 radical (unpaired) electrons. The number of fused-ring (bicyclic) bond motifs is 1. The lowest BCUT2D eigenvalue weighted by atomic mass is 10.3. The minimum Gasteiger partial charge on any atom is -0.364 e. The van der Waals surface area contributed by atoms with Gasteiger partial charge >= 0.3 is 0 Å². The Morgan fingerprint density at radius 3 is 2.89 bits per heavy atom. The van der Waals surface area contributed by atoms with E-state index >= 15 is 0 Å². The van der Waals surface area contributed by atoms with E-state index in [1.165, 1.54) is 0 Å². The normalized spacial score (nSPS) is 11.2. The van der Waals surface area contributed by atoms with Gasteiger partial charge in [-0.05, 0) is 18.2 Å². The Morgan fingerprint density at radius 2 is 2.17 bits per heavy atom. The van der Waals surface area contributed by atoms with Crippen molar-refractivity contribution in [3.63, 3.8) is 0 Å². The number of aromatic nitrogens is 3. The van der Waals surface area contributed by atoms with Crippen LogP contribution in [0, 0.1) is 0 Å². The van der Waals surface area contributed by atoms with Gasteiger partial charge in [0.1, 0.15) is 17.8 Å². The van der Waals surface area contributed by atoms with Gasteiger partial charge in [0, 0.05) is 11.1 Å². The third kappa shape index (κ3) is 1.98. The molecule has 0 amide bonds. The van der Waals surface area contributed by atoms with E-state index in [-0.39, 0.29) is 0 Å². The van der Waals surface area contributed by atoms with Crippen molar-refractivity contribution in [3.05, 3.63) is 47.1 Å². The van der Waals surface area contributed by atoms with Crippen LogP contribution in [-0.2, 0) is 12.4 Å². The number of halogens is 2. The molecule has 0 atom stereocenters. The number of alkyl halides is 1. The summed E-state index contributed by atoms with van der Waals surface area (Å²) in [4.78, 5) is 4.46. The predicted molar refractivity (Wildman–Crippen MR) is 69.9 cm³/mol. The van der Waals surface area contributed by atoms with Crippen LogP contribution < -0.4 is 0 Å². The highest BCUT2D eigenvalue weighted by Crippen LogP contribution is 2.22. The number of benzene rings is 1. The Kier molecular flexibility index (Phi) is 2.97. The zero-order valence-corrected chi connectivity index (χ0v) is 10.8. The molecule has 92 valence electrons. The first kappa shape index (κ1) is 11.6. The second-order valence-corrected chi connectivity index (χ2v) is 4.58. The number of imidazole rings is 1. The summed E-state index contributed by atoms with van der Waals surface area (Å²) >= 11 is 11.9. The van der Waals surface area contributed by atoms with E-state index in [1.807, 2.05) is 28.8 Å². The van der Waals surface area contributed by atoms with E-state index in [0.29, 0.717) is 17.4 Å². The summed E-state index contributed by atoms with van der Waals surface area (Å²) in [5, 5.41) is 4.56. The number of hydrogen-bond donors (Lipinski definition) is 0. The van der Waals surface area contributed by atoms with Crippen LogP contribution >= 0.6 is 23.2 Å². The van der Waals surface area contributed by atoms with Crippen molar-refractivity contribution in [1.29, 1.82) is 0 Å². The molecule has 2 aromatic heterocycles. The molecule has 3 aromatic rings. The largest absolute Gasteiger partial charge is 0.364 e. The highest BCUT2D eigenvalue weighted by molar-refractivity contribution is 6.31. The second-order valence-electron chi connectivity index (χ2n) is 3.87. The van der Waals surface area contributed by atoms with Crippen molar-refractivity contribution in [2.24, 2.45) is 0 Å². The number of rotatable bonds is 3. The van der Waals surface area contributed by atoms with Crippen molar-refractivity contribution in [2.45, 2.75) is 12.4 Å². The monoisotopic (exact) mass is 281 g/mol. The molecule has 0 spiro atoms. The van der Waals surface area contributed by atoms with E-state index in [4.69, 9.17) is 27.7 Å². The molecular formula is C12H9Cl2N3O. The van der Waals surface area contributed by atoms with Crippen molar-refractivity contribution < 1.29 is 4.52 Å². The van der Waals surface area contributed by atoms with E-state index in [1.54, 1.807) is 6.26 Å². The van der Waals surface area contributed by atoms with E-state index in [0.717, 1.165) is 22.6 Å². The van der Waals surface area contributed by atoms with Crippen LogP contribution in [0.25, 0.3) is 11.0 Å². The fourth-order valence-corrected chi connectivity index (χ4v) is 2.28. The van der Waals surface area contributed by atoms with Crippen molar-refractivity contribution in [3.8, 4) is 0 Å². The van der Waals surface area contributed by atoms with Gasteiger partial charge in [0.05, 0.1) is 23.5 Å². The van der Waals surface area contributed by atoms with Gasteiger partial charge in [-0.25, -0.2) is 4.98 Å². The quantitative estimate of drug-likeness (QED) is 0.691. The highest BCUT2D eigenvalue weighted by atomic mass is 35.5. The zero-order chi connectivity index (χ0) is 12.5. The SMILES string of the molecule is ClCc1nc2cc(Cl)ccc2n1Cc1ccon1. The minimum atomic E-state index is 0.337. The topological polar surface area (TPSA) is 43.9 Å².